The zero-order chi connectivity index (χ0) is 27.7. The number of benzene rings is 1. The van der Waals surface area contributed by atoms with Crippen LogP contribution in [0, 0.1) is 11.3 Å². The lowest BCUT2D eigenvalue weighted by atomic mass is 9.96. The van der Waals surface area contributed by atoms with Crippen LogP contribution in [0.25, 0.3) is 11.1 Å². The van der Waals surface area contributed by atoms with Crippen LogP contribution in [0.15, 0.2) is 35.5 Å². The molecule has 0 radical (unpaired) electrons. The van der Waals surface area contributed by atoms with Crippen molar-refractivity contribution in [3.05, 3.63) is 36.2 Å². The molecule has 1 aromatic carbocycles. The second kappa shape index (κ2) is 10.6. The van der Waals surface area contributed by atoms with Gasteiger partial charge < -0.3 is 15.2 Å². The van der Waals surface area contributed by atoms with Crippen LogP contribution in [0.1, 0.15) is 56.9 Å². The van der Waals surface area contributed by atoms with E-state index in [1.807, 2.05) is 6.07 Å². The molecule has 3 aliphatic rings. The summed E-state index contributed by atoms with van der Waals surface area (Å²) in [6.45, 7) is 0. The minimum Gasteiger partial charge on any atom is -0.465 e. The van der Waals surface area contributed by atoms with Crippen molar-refractivity contribution in [1.29, 1.82) is 5.26 Å². The molecule has 0 spiro atoms. The van der Waals surface area contributed by atoms with Gasteiger partial charge in [-0.05, 0) is 69.1 Å². The number of halogens is 3. The number of nitrogens with zero attached hydrogens (tertiary/aromatic N) is 3. The zero-order valence-electron chi connectivity index (χ0n) is 20.7. The summed E-state index contributed by atoms with van der Waals surface area (Å²) >= 11 is 0. The fraction of sp³-hybridized carbons (Fsp3) is 0.560. The molecular weight excluding hydrogens is 525 g/mol. The number of sulfone groups is 1. The van der Waals surface area contributed by atoms with Crippen molar-refractivity contribution in [3.63, 3.8) is 0 Å². The summed E-state index contributed by atoms with van der Waals surface area (Å²) < 4.78 is 74.8. The normalized spacial score (nSPS) is 22.5. The van der Waals surface area contributed by atoms with Crippen LogP contribution >= 0.6 is 0 Å². The number of nitrogens with one attached hydrogen (secondary N) is 1. The van der Waals surface area contributed by atoms with Crippen LogP contribution in [-0.4, -0.2) is 52.4 Å². The van der Waals surface area contributed by atoms with E-state index >= 15 is 0 Å². The molecule has 2 aromatic rings. The monoisotopic (exact) mass is 554 g/mol. The maximum absolute atomic E-state index is 13.8. The Morgan fingerprint density at radius 3 is 2.39 bits per heavy atom. The standard InChI is InChI=1S/C20H23F3N2O3S.C5H6N2O2/c1-25-12-14(11-24-25)13-5-8-19(18(9-13)20(21,22)23)29(26,27)17-7-6-16(10-17)28-15-3-2-4-15;6-3-5(1-2-5)7-4(8)9/h5,8-9,11-12,15-17H,2-4,6-7,10H2,1H3;7H,1-2H2,(H,8,9)/t16-,17-;/m0./s1. The lowest BCUT2D eigenvalue weighted by Crippen LogP contribution is -2.33. The molecule has 3 aliphatic carbocycles. The van der Waals surface area contributed by atoms with Gasteiger partial charge in [-0.15, -0.1) is 0 Å². The molecule has 2 N–H and O–H groups in total. The molecule has 5 rings (SSSR count). The number of aromatic nitrogens is 2. The number of alkyl halides is 3. The Hall–Kier alpha value is -3.11. The lowest BCUT2D eigenvalue weighted by Gasteiger charge is -2.29. The number of hydrogen-bond donors (Lipinski definition) is 2. The Morgan fingerprint density at radius 1 is 1.21 bits per heavy atom. The summed E-state index contributed by atoms with van der Waals surface area (Å²) in [5, 5.41) is 21.7. The van der Waals surface area contributed by atoms with Crippen molar-refractivity contribution in [2.45, 2.75) is 85.4 Å². The third-order valence-corrected chi connectivity index (χ3v) is 9.43. The van der Waals surface area contributed by atoms with Gasteiger partial charge in [-0.2, -0.15) is 23.5 Å². The van der Waals surface area contributed by atoms with Crippen molar-refractivity contribution in [1.82, 2.24) is 15.1 Å². The molecule has 1 amide bonds. The van der Waals surface area contributed by atoms with Gasteiger partial charge in [0.2, 0.25) is 0 Å². The first kappa shape index (κ1) is 27.9. The number of rotatable bonds is 6. The van der Waals surface area contributed by atoms with Crippen molar-refractivity contribution in [2.75, 3.05) is 0 Å². The Balaban J connectivity index is 0.000000317. The van der Waals surface area contributed by atoms with Crippen LogP contribution in [-0.2, 0) is 27.8 Å². The SMILES string of the molecule is Cn1cc(-c2ccc(S(=O)(=O)[C@H]3CC[C@H](OC4CCC4)C3)c(C(F)(F)F)c2)cn1.N#CC1(NC(=O)O)CC1. The van der Waals surface area contributed by atoms with E-state index in [4.69, 9.17) is 15.1 Å². The van der Waals surface area contributed by atoms with Gasteiger partial charge in [-0.25, -0.2) is 13.2 Å². The fourth-order valence-electron chi connectivity index (χ4n) is 4.61. The molecule has 0 aliphatic heterocycles. The van der Waals surface area contributed by atoms with Crippen molar-refractivity contribution in [3.8, 4) is 17.2 Å². The summed E-state index contributed by atoms with van der Waals surface area (Å²) in [4.78, 5) is 9.31. The second-order valence-electron chi connectivity index (χ2n) is 10.0. The van der Waals surface area contributed by atoms with Gasteiger partial charge in [0.1, 0.15) is 5.54 Å². The molecule has 0 saturated heterocycles. The largest absolute Gasteiger partial charge is 0.465 e. The number of carboxylic acid groups (broad SMARTS) is 1. The van der Waals surface area contributed by atoms with E-state index in [0.717, 1.165) is 31.4 Å². The smallest absolute Gasteiger partial charge is 0.417 e. The summed E-state index contributed by atoms with van der Waals surface area (Å²) in [6, 6.07) is 5.29. The Bertz CT molecular complexity index is 1330. The zero-order valence-corrected chi connectivity index (χ0v) is 21.6. The van der Waals surface area contributed by atoms with Gasteiger partial charge in [0, 0.05) is 18.8 Å². The first-order valence-corrected chi connectivity index (χ1v) is 13.9. The predicted molar refractivity (Wildman–Crippen MR) is 130 cm³/mol. The minimum absolute atomic E-state index is 0.172. The van der Waals surface area contributed by atoms with Crippen LogP contribution in [0.3, 0.4) is 0 Å². The Kier molecular flexibility index (Phi) is 7.76. The lowest BCUT2D eigenvalue weighted by molar-refractivity contribution is -0.139. The Morgan fingerprint density at radius 2 is 1.92 bits per heavy atom. The summed E-state index contributed by atoms with van der Waals surface area (Å²) in [5.74, 6) is 0. The number of amides is 1. The van der Waals surface area contributed by atoms with Crippen LogP contribution in [0.2, 0.25) is 0 Å². The first-order valence-electron chi connectivity index (χ1n) is 12.3. The average molecular weight is 555 g/mol. The van der Waals surface area contributed by atoms with Gasteiger partial charge in [-0.3, -0.25) is 4.68 Å². The molecular formula is C25H29F3N4O5S. The summed E-state index contributed by atoms with van der Waals surface area (Å²) in [6.07, 6.45) is 2.61. The Labute approximate surface area is 218 Å². The highest BCUT2D eigenvalue weighted by molar-refractivity contribution is 7.92. The van der Waals surface area contributed by atoms with Gasteiger partial charge in [-0.1, -0.05) is 6.07 Å². The van der Waals surface area contributed by atoms with E-state index in [9.17, 15) is 26.4 Å². The van der Waals surface area contributed by atoms with Gasteiger partial charge in [0.05, 0.1) is 40.2 Å². The van der Waals surface area contributed by atoms with E-state index in [2.05, 4.69) is 10.4 Å². The number of aryl methyl sites for hydroxylation is 1. The molecule has 2 atom stereocenters. The quantitative estimate of drug-likeness (QED) is 0.529. The molecule has 3 fully saturated rings. The van der Waals surface area contributed by atoms with Crippen LogP contribution in [0.5, 0.6) is 0 Å². The third-order valence-electron chi connectivity index (χ3n) is 7.15. The van der Waals surface area contributed by atoms with Gasteiger partial charge in [0.25, 0.3) is 0 Å². The highest BCUT2D eigenvalue weighted by Crippen LogP contribution is 2.41. The number of carbonyl (C=O) groups is 1. The molecule has 0 bridgehead atoms. The minimum atomic E-state index is -4.78. The molecule has 0 unspecified atom stereocenters. The highest BCUT2D eigenvalue weighted by Gasteiger charge is 2.45. The van der Waals surface area contributed by atoms with E-state index in [-0.39, 0.29) is 24.2 Å². The van der Waals surface area contributed by atoms with E-state index < -0.39 is 43.4 Å². The van der Waals surface area contributed by atoms with Crippen LogP contribution in [0.4, 0.5) is 18.0 Å². The molecule has 206 valence electrons. The maximum Gasteiger partial charge on any atom is 0.417 e. The predicted octanol–water partition coefficient (Wildman–Crippen LogP) is 4.68. The van der Waals surface area contributed by atoms with Crippen molar-refractivity contribution < 1.29 is 36.2 Å². The third kappa shape index (κ3) is 6.30. The van der Waals surface area contributed by atoms with Crippen molar-refractivity contribution in [2.24, 2.45) is 7.05 Å². The molecule has 13 heteroatoms. The van der Waals surface area contributed by atoms with Gasteiger partial charge in [0.15, 0.2) is 9.84 Å². The topological polar surface area (TPSA) is 134 Å². The second-order valence-corrected chi connectivity index (χ2v) is 12.2. The molecule has 1 heterocycles. The van der Waals surface area contributed by atoms with E-state index in [1.165, 1.54) is 16.9 Å². The molecule has 38 heavy (non-hydrogen) atoms. The molecule has 3 saturated carbocycles. The number of ether oxygens (including phenoxy) is 1. The summed E-state index contributed by atoms with van der Waals surface area (Å²) in [7, 11) is -2.46. The fourth-order valence-corrected chi connectivity index (χ4v) is 6.62. The van der Waals surface area contributed by atoms with E-state index in [1.54, 1.807) is 13.2 Å². The van der Waals surface area contributed by atoms with Crippen molar-refractivity contribution >= 4 is 15.9 Å². The highest BCUT2D eigenvalue weighted by atomic mass is 32.2. The van der Waals surface area contributed by atoms with Crippen LogP contribution < -0.4 is 5.32 Å². The summed E-state index contributed by atoms with van der Waals surface area (Å²) in [5.41, 5.74) is -1.08. The molecule has 1 aromatic heterocycles. The van der Waals surface area contributed by atoms with Gasteiger partial charge >= 0.3 is 12.3 Å². The first-order chi connectivity index (χ1) is 17.8. The maximum atomic E-state index is 13.8. The number of hydrogen-bond acceptors (Lipinski definition) is 6. The van der Waals surface area contributed by atoms with E-state index in [0.29, 0.717) is 31.2 Å². The average Bonchev–Trinajstić information content (AvgIpc) is 3.20. The number of nitriles is 1. The molecule has 9 nitrogen and oxygen atoms in total.